The van der Waals surface area contributed by atoms with Crippen LogP contribution >= 0.6 is 11.3 Å². The number of thiazole rings is 1. The van der Waals surface area contributed by atoms with Crippen molar-refractivity contribution in [3.05, 3.63) is 16.6 Å². The van der Waals surface area contributed by atoms with Gasteiger partial charge in [-0.1, -0.05) is 0 Å². The van der Waals surface area contributed by atoms with Crippen molar-refractivity contribution in [2.75, 3.05) is 0 Å². The Morgan fingerprint density at radius 2 is 2.38 bits per heavy atom. The fourth-order valence-electron chi connectivity index (χ4n) is 2.15. The SMILES string of the molecule is O=C(O)[C@H]1CCC(F)(F)C[C@@H]1c1cscn1. The van der Waals surface area contributed by atoms with Crippen LogP contribution in [0.5, 0.6) is 0 Å². The third kappa shape index (κ3) is 2.21. The van der Waals surface area contributed by atoms with Crippen LogP contribution in [0.4, 0.5) is 8.78 Å². The van der Waals surface area contributed by atoms with Crippen LogP contribution < -0.4 is 0 Å². The van der Waals surface area contributed by atoms with E-state index in [0.717, 1.165) is 0 Å². The highest BCUT2D eigenvalue weighted by Crippen LogP contribution is 2.45. The molecule has 0 radical (unpaired) electrons. The molecule has 1 fully saturated rings. The summed E-state index contributed by atoms with van der Waals surface area (Å²) < 4.78 is 26.5. The van der Waals surface area contributed by atoms with Gasteiger partial charge in [-0.05, 0) is 6.42 Å². The number of carboxylic acids is 1. The fourth-order valence-corrected chi connectivity index (χ4v) is 2.76. The highest BCUT2D eigenvalue weighted by Gasteiger charge is 2.45. The van der Waals surface area contributed by atoms with Crippen molar-refractivity contribution in [1.82, 2.24) is 4.98 Å². The second-order valence-electron chi connectivity index (χ2n) is 4.06. The summed E-state index contributed by atoms with van der Waals surface area (Å²) in [6.45, 7) is 0. The second-order valence-corrected chi connectivity index (χ2v) is 4.78. The van der Waals surface area contributed by atoms with Gasteiger partial charge in [-0.3, -0.25) is 4.79 Å². The van der Waals surface area contributed by atoms with Gasteiger partial charge < -0.3 is 5.11 Å². The topological polar surface area (TPSA) is 50.2 Å². The standard InChI is InChI=1S/C10H11F2NO2S/c11-10(12)2-1-6(9(14)15)7(3-10)8-4-16-5-13-8/h4-7H,1-3H2,(H,14,15)/t6-,7-/m0/s1. The van der Waals surface area contributed by atoms with Crippen molar-refractivity contribution < 1.29 is 18.7 Å². The summed E-state index contributed by atoms with van der Waals surface area (Å²) in [5.41, 5.74) is 2.03. The number of hydrogen-bond acceptors (Lipinski definition) is 3. The number of alkyl halides is 2. The molecule has 16 heavy (non-hydrogen) atoms. The molecule has 0 unspecified atom stereocenters. The highest BCUT2D eigenvalue weighted by atomic mass is 32.1. The van der Waals surface area contributed by atoms with Gasteiger partial charge in [0.25, 0.3) is 0 Å². The van der Waals surface area contributed by atoms with Gasteiger partial charge in [-0.25, -0.2) is 13.8 Å². The van der Waals surface area contributed by atoms with E-state index in [2.05, 4.69) is 4.98 Å². The van der Waals surface area contributed by atoms with E-state index in [4.69, 9.17) is 5.11 Å². The second kappa shape index (κ2) is 4.08. The van der Waals surface area contributed by atoms with Crippen molar-refractivity contribution in [3.8, 4) is 0 Å². The van der Waals surface area contributed by atoms with Crippen molar-refractivity contribution in [1.29, 1.82) is 0 Å². The summed E-state index contributed by atoms with van der Waals surface area (Å²) in [7, 11) is 0. The number of carboxylic acid groups (broad SMARTS) is 1. The van der Waals surface area contributed by atoms with Crippen LogP contribution in [0.3, 0.4) is 0 Å². The Morgan fingerprint density at radius 3 is 2.94 bits per heavy atom. The monoisotopic (exact) mass is 247 g/mol. The average Bonchev–Trinajstić information content (AvgIpc) is 2.68. The van der Waals surface area contributed by atoms with Crippen LogP contribution in [0.25, 0.3) is 0 Å². The van der Waals surface area contributed by atoms with Crippen LogP contribution in [-0.2, 0) is 4.79 Å². The summed E-state index contributed by atoms with van der Waals surface area (Å²) in [5.74, 6) is -5.16. The fraction of sp³-hybridized carbons (Fsp3) is 0.600. The van der Waals surface area contributed by atoms with Gasteiger partial charge >= 0.3 is 5.97 Å². The number of aliphatic carboxylic acids is 1. The molecule has 0 saturated heterocycles. The molecule has 3 nitrogen and oxygen atoms in total. The van der Waals surface area contributed by atoms with Gasteiger partial charge in [-0.2, -0.15) is 0 Å². The number of rotatable bonds is 2. The molecular weight excluding hydrogens is 236 g/mol. The van der Waals surface area contributed by atoms with Crippen molar-refractivity contribution in [2.24, 2.45) is 5.92 Å². The Bertz CT molecular complexity index is 380. The van der Waals surface area contributed by atoms with Gasteiger partial charge in [0.05, 0.1) is 17.1 Å². The summed E-state index contributed by atoms with van der Waals surface area (Å²) in [6, 6.07) is 0. The Balaban J connectivity index is 2.25. The van der Waals surface area contributed by atoms with E-state index < -0.39 is 30.1 Å². The van der Waals surface area contributed by atoms with Crippen LogP contribution in [-0.4, -0.2) is 22.0 Å². The summed E-state index contributed by atoms with van der Waals surface area (Å²) in [4.78, 5) is 15.0. The summed E-state index contributed by atoms with van der Waals surface area (Å²) in [5, 5.41) is 10.7. The van der Waals surface area contributed by atoms with Crippen LogP contribution in [0.2, 0.25) is 0 Å². The molecule has 1 heterocycles. The van der Waals surface area contributed by atoms with Gasteiger partial charge in [0.2, 0.25) is 5.92 Å². The third-order valence-electron chi connectivity index (χ3n) is 2.97. The molecular formula is C10H11F2NO2S. The van der Waals surface area contributed by atoms with E-state index in [0.29, 0.717) is 5.69 Å². The van der Waals surface area contributed by atoms with Crippen LogP contribution in [0, 0.1) is 5.92 Å². The largest absolute Gasteiger partial charge is 0.481 e. The van der Waals surface area contributed by atoms with E-state index in [1.807, 2.05) is 0 Å². The molecule has 1 aromatic rings. The third-order valence-corrected chi connectivity index (χ3v) is 3.58. The maximum absolute atomic E-state index is 13.3. The number of halogens is 2. The van der Waals surface area contributed by atoms with Gasteiger partial charge in [-0.15, -0.1) is 11.3 Å². The van der Waals surface area contributed by atoms with Gasteiger partial charge in [0.1, 0.15) is 0 Å². The highest BCUT2D eigenvalue weighted by molar-refractivity contribution is 7.07. The van der Waals surface area contributed by atoms with Gasteiger partial charge in [0.15, 0.2) is 0 Å². The van der Waals surface area contributed by atoms with Crippen molar-refractivity contribution >= 4 is 17.3 Å². The summed E-state index contributed by atoms with van der Waals surface area (Å²) >= 11 is 1.30. The minimum atomic E-state index is -2.76. The smallest absolute Gasteiger partial charge is 0.307 e. The summed E-state index contributed by atoms with van der Waals surface area (Å²) in [6.07, 6.45) is -0.733. The minimum absolute atomic E-state index is 0.0184. The number of hydrogen-bond donors (Lipinski definition) is 1. The van der Waals surface area contributed by atoms with E-state index in [1.165, 1.54) is 11.3 Å². The van der Waals surface area contributed by atoms with Crippen molar-refractivity contribution in [2.45, 2.75) is 31.1 Å². The molecule has 2 atom stereocenters. The normalized spacial score (nSPS) is 28.9. The molecule has 0 spiro atoms. The molecule has 88 valence electrons. The first-order valence-corrected chi connectivity index (χ1v) is 5.92. The lowest BCUT2D eigenvalue weighted by molar-refractivity contribution is -0.147. The van der Waals surface area contributed by atoms with E-state index >= 15 is 0 Å². The molecule has 0 aliphatic heterocycles. The molecule has 0 amide bonds. The number of aromatic nitrogens is 1. The van der Waals surface area contributed by atoms with Crippen LogP contribution in [0.15, 0.2) is 10.9 Å². The lowest BCUT2D eigenvalue weighted by atomic mass is 9.76. The molecule has 1 aliphatic carbocycles. The van der Waals surface area contributed by atoms with E-state index in [9.17, 15) is 13.6 Å². The molecule has 0 bridgehead atoms. The zero-order valence-corrected chi connectivity index (χ0v) is 9.21. The lowest BCUT2D eigenvalue weighted by Gasteiger charge is -2.32. The molecule has 1 saturated carbocycles. The minimum Gasteiger partial charge on any atom is -0.481 e. The molecule has 2 rings (SSSR count). The number of carbonyl (C=O) groups is 1. The first-order chi connectivity index (χ1) is 7.49. The number of nitrogens with zero attached hydrogens (tertiary/aromatic N) is 1. The average molecular weight is 247 g/mol. The van der Waals surface area contributed by atoms with E-state index in [-0.39, 0.29) is 12.8 Å². The zero-order valence-electron chi connectivity index (χ0n) is 8.40. The quantitative estimate of drug-likeness (QED) is 0.874. The lowest BCUT2D eigenvalue weighted by Crippen LogP contribution is -2.35. The zero-order chi connectivity index (χ0) is 11.8. The Labute approximate surface area is 95.1 Å². The first kappa shape index (κ1) is 11.4. The molecule has 0 aromatic carbocycles. The predicted octanol–water partition coefficient (Wildman–Crippen LogP) is 2.75. The Hall–Kier alpha value is -1.04. The van der Waals surface area contributed by atoms with Crippen molar-refractivity contribution in [3.63, 3.8) is 0 Å². The van der Waals surface area contributed by atoms with Gasteiger partial charge in [0, 0.05) is 24.1 Å². The Morgan fingerprint density at radius 1 is 1.62 bits per heavy atom. The van der Waals surface area contributed by atoms with Crippen LogP contribution in [0.1, 0.15) is 30.9 Å². The molecule has 1 N–H and O–H groups in total. The molecule has 6 heteroatoms. The first-order valence-electron chi connectivity index (χ1n) is 4.98. The maximum atomic E-state index is 13.3. The Kier molecular flexibility index (Phi) is 2.92. The predicted molar refractivity (Wildman–Crippen MR) is 54.8 cm³/mol. The molecule has 1 aromatic heterocycles. The maximum Gasteiger partial charge on any atom is 0.307 e. The van der Waals surface area contributed by atoms with E-state index in [1.54, 1.807) is 10.9 Å². The molecule has 1 aliphatic rings.